The molecule has 0 saturated carbocycles. The highest BCUT2D eigenvalue weighted by Gasteiger charge is 2.30. The van der Waals surface area contributed by atoms with Crippen LogP contribution in [0.1, 0.15) is 30.7 Å². The first kappa shape index (κ1) is 14.6. The lowest BCUT2D eigenvalue weighted by Crippen LogP contribution is -2.12. The number of hydrogen-bond acceptors (Lipinski definition) is 2. The number of halogens is 3. The molecule has 0 amide bonds. The van der Waals surface area contributed by atoms with Crippen molar-refractivity contribution in [3.63, 3.8) is 0 Å². The second-order valence-electron chi connectivity index (χ2n) is 4.60. The molecule has 3 N–H and O–H groups in total. The maximum Gasteiger partial charge on any atom is 0.416 e. The van der Waals surface area contributed by atoms with Crippen LogP contribution in [0.25, 0.3) is 11.3 Å². The largest absolute Gasteiger partial charge is 0.416 e. The van der Waals surface area contributed by atoms with Crippen LogP contribution >= 0.6 is 0 Å². The average Bonchev–Trinajstić information content (AvgIpc) is 2.89. The van der Waals surface area contributed by atoms with E-state index in [1.165, 1.54) is 6.07 Å². The monoisotopic (exact) mass is 283 g/mol. The lowest BCUT2D eigenvalue weighted by atomic mass is 10.1. The maximum atomic E-state index is 12.7. The number of hydrogen-bond donors (Lipinski definition) is 2. The second kappa shape index (κ2) is 5.66. The predicted molar refractivity (Wildman–Crippen MR) is 71.1 cm³/mol. The number of nitrogens with zero attached hydrogens (tertiary/aromatic N) is 1. The minimum Gasteiger partial charge on any atom is -0.342 e. The van der Waals surface area contributed by atoms with Gasteiger partial charge in [-0.1, -0.05) is 19.1 Å². The van der Waals surface area contributed by atoms with E-state index in [0.717, 1.165) is 18.6 Å². The van der Waals surface area contributed by atoms with Crippen LogP contribution in [-0.4, -0.2) is 16.5 Å². The van der Waals surface area contributed by atoms with E-state index in [-0.39, 0.29) is 5.92 Å². The van der Waals surface area contributed by atoms with Gasteiger partial charge in [0.1, 0.15) is 5.82 Å². The van der Waals surface area contributed by atoms with Crippen LogP contribution in [0.5, 0.6) is 0 Å². The molecule has 0 aliphatic rings. The predicted octanol–water partition coefficient (Wildman–Crippen LogP) is 3.55. The SMILES string of the molecule is CCC(CN)c1ncc(-c2cccc(C(F)(F)F)c2)[nH]1. The molecule has 0 aliphatic heterocycles. The number of aromatic nitrogens is 2. The molecule has 0 aliphatic carbocycles. The second-order valence-corrected chi connectivity index (χ2v) is 4.60. The summed E-state index contributed by atoms with van der Waals surface area (Å²) in [6, 6.07) is 5.17. The Morgan fingerprint density at radius 1 is 1.35 bits per heavy atom. The maximum absolute atomic E-state index is 12.7. The van der Waals surface area contributed by atoms with Crippen molar-refractivity contribution in [3.05, 3.63) is 41.9 Å². The first-order valence-corrected chi connectivity index (χ1v) is 6.38. The van der Waals surface area contributed by atoms with E-state index in [4.69, 9.17) is 5.73 Å². The summed E-state index contributed by atoms with van der Waals surface area (Å²) < 4.78 is 38.1. The minimum absolute atomic E-state index is 0.0922. The molecule has 1 heterocycles. The fourth-order valence-corrected chi connectivity index (χ4v) is 2.03. The van der Waals surface area contributed by atoms with E-state index < -0.39 is 11.7 Å². The Kier molecular flexibility index (Phi) is 4.13. The van der Waals surface area contributed by atoms with Crippen LogP contribution in [0, 0.1) is 0 Å². The van der Waals surface area contributed by atoms with Gasteiger partial charge in [0.05, 0.1) is 17.5 Å². The molecule has 3 nitrogen and oxygen atoms in total. The van der Waals surface area contributed by atoms with Gasteiger partial charge in [-0.25, -0.2) is 4.98 Å². The molecule has 0 spiro atoms. The van der Waals surface area contributed by atoms with E-state index in [2.05, 4.69) is 9.97 Å². The lowest BCUT2D eigenvalue weighted by molar-refractivity contribution is -0.137. The first-order chi connectivity index (χ1) is 9.45. The third-order valence-electron chi connectivity index (χ3n) is 3.26. The normalized spacial score (nSPS) is 13.4. The van der Waals surface area contributed by atoms with E-state index >= 15 is 0 Å². The number of nitrogens with two attached hydrogens (primary N) is 1. The molecular weight excluding hydrogens is 267 g/mol. The van der Waals surface area contributed by atoms with Gasteiger partial charge in [0.25, 0.3) is 0 Å². The van der Waals surface area contributed by atoms with Gasteiger partial charge in [-0.05, 0) is 18.6 Å². The summed E-state index contributed by atoms with van der Waals surface area (Å²) in [6.07, 6.45) is -1.97. The standard InChI is InChI=1S/C14H16F3N3/c1-2-9(7-18)13-19-8-12(20-13)10-4-3-5-11(6-10)14(15,16)17/h3-6,8-9H,2,7,18H2,1H3,(H,19,20). The molecule has 1 aromatic carbocycles. The quantitative estimate of drug-likeness (QED) is 0.901. The van der Waals surface area contributed by atoms with E-state index in [0.29, 0.717) is 23.6 Å². The molecule has 6 heteroatoms. The van der Waals surface area contributed by atoms with Crippen LogP contribution in [0.3, 0.4) is 0 Å². The molecule has 0 fully saturated rings. The van der Waals surface area contributed by atoms with Gasteiger partial charge in [0, 0.05) is 18.0 Å². The highest BCUT2D eigenvalue weighted by Crippen LogP contribution is 2.32. The number of imidazole rings is 1. The molecule has 1 atom stereocenters. The van der Waals surface area contributed by atoms with Crippen molar-refractivity contribution in [1.82, 2.24) is 9.97 Å². The third-order valence-corrected chi connectivity index (χ3v) is 3.26. The number of rotatable bonds is 4. The molecule has 0 saturated heterocycles. The van der Waals surface area contributed by atoms with Crippen molar-refractivity contribution in [2.75, 3.05) is 6.54 Å². The molecule has 1 unspecified atom stereocenters. The molecule has 108 valence electrons. The summed E-state index contributed by atoms with van der Waals surface area (Å²) in [4.78, 5) is 7.26. The van der Waals surface area contributed by atoms with E-state index in [1.807, 2.05) is 6.92 Å². The van der Waals surface area contributed by atoms with Gasteiger partial charge >= 0.3 is 6.18 Å². The van der Waals surface area contributed by atoms with Crippen molar-refractivity contribution in [2.45, 2.75) is 25.4 Å². The zero-order valence-electron chi connectivity index (χ0n) is 11.0. The Bertz CT molecular complexity index is 571. The molecule has 0 radical (unpaired) electrons. The van der Waals surface area contributed by atoms with Crippen molar-refractivity contribution in [3.8, 4) is 11.3 Å². The molecule has 2 aromatic rings. The zero-order chi connectivity index (χ0) is 14.8. The number of alkyl halides is 3. The van der Waals surface area contributed by atoms with Crippen LogP contribution < -0.4 is 5.73 Å². The van der Waals surface area contributed by atoms with Crippen LogP contribution in [-0.2, 0) is 6.18 Å². The number of benzene rings is 1. The van der Waals surface area contributed by atoms with Gasteiger partial charge in [0.15, 0.2) is 0 Å². The molecule has 0 bridgehead atoms. The van der Waals surface area contributed by atoms with Crippen LogP contribution in [0.15, 0.2) is 30.5 Å². The third kappa shape index (κ3) is 3.01. The Hall–Kier alpha value is -1.82. The highest BCUT2D eigenvalue weighted by molar-refractivity contribution is 5.59. The van der Waals surface area contributed by atoms with Crippen molar-refractivity contribution >= 4 is 0 Å². The molecule has 20 heavy (non-hydrogen) atoms. The Morgan fingerprint density at radius 2 is 2.10 bits per heavy atom. The fourth-order valence-electron chi connectivity index (χ4n) is 2.03. The Labute approximate surface area is 115 Å². The van der Waals surface area contributed by atoms with Gasteiger partial charge in [-0.3, -0.25) is 0 Å². The number of aromatic amines is 1. The summed E-state index contributed by atoms with van der Waals surface area (Å²) in [5.74, 6) is 0.803. The smallest absolute Gasteiger partial charge is 0.342 e. The summed E-state index contributed by atoms with van der Waals surface area (Å²) >= 11 is 0. The van der Waals surface area contributed by atoms with Gasteiger partial charge in [0.2, 0.25) is 0 Å². The topological polar surface area (TPSA) is 54.7 Å². The van der Waals surface area contributed by atoms with Crippen LogP contribution in [0.4, 0.5) is 13.2 Å². The number of nitrogens with one attached hydrogen (secondary N) is 1. The fraction of sp³-hybridized carbons (Fsp3) is 0.357. The first-order valence-electron chi connectivity index (χ1n) is 6.38. The average molecular weight is 283 g/mol. The van der Waals surface area contributed by atoms with Gasteiger partial charge in [-0.15, -0.1) is 0 Å². The summed E-state index contributed by atoms with van der Waals surface area (Å²) in [7, 11) is 0. The highest BCUT2D eigenvalue weighted by atomic mass is 19.4. The molecular formula is C14H16F3N3. The van der Waals surface area contributed by atoms with E-state index in [1.54, 1.807) is 12.3 Å². The zero-order valence-corrected chi connectivity index (χ0v) is 11.0. The summed E-state index contributed by atoms with van der Waals surface area (Å²) in [5.41, 5.74) is 6.00. The Morgan fingerprint density at radius 3 is 2.70 bits per heavy atom. The molecule has 1 aromatic heterocycles. The minimum atomic E-state index is -4.35. The van der Waals surface area contributed by atoms with Crippen LogP contribution in [0.2, 0.25) is 0 Å². The van der Waals surface area contributed by atoms with Crippen molar-refractivity contribution in [2.24, 2.45) is 5.73 Å². The lowest BCUT2D eigenvalue weighted by Gasteiger charge is -2.09. The molecule has 2 rings (SSSR count). The van der Waals surface area contributed by atoms with Gasteiger partial charge < -0.3 is 10.7 Å². The van der Waals surface area contributed by atoms with Crippen molar-refractivity contribution in [1.29, 1.82) is 0 Å². The Balaban J connectivity index is 2.33. The summed E-state index contributed by atoms with van der Waals surface area (Å²) in [6.45, 7) is 2.44. The van der Waals surface area contributed by atoms with Crippen molar-refractivity contribution < 1.29 is 13.2 Å². The van der Waals surface area contributed by atoms with Gasteiger partial charge in [-0.2, -0.15) is 13.2 Å². The number of H-pyrrole nitrogens is 1. The summed E-state index contributed by atoms with van der Waals surface area (Å²) in [5, 5.41) is 0. The van der Waals surface area contributed by atoms with E-state index in [9.17, 15) is 13.2 Å².